The Morgan fingerprint density at radius 3 is 2.62 bits per heavy atom. The van der Waals surface area contributed by atoms with Crippen molar-refractivity contribution in [3.8, 4) is 11.5 Å². The first-order valence-electron chi connectivity index (χ1n) is 10.8. The van der Waals surface area contributed by atoms with Gasteiger partial charge in [-0.3, -0.25) is 4.79 Å². The lowest BCUT2D eigenvalue weighted by Gasteiger charge is -2.29. The predicted molar refractivity (Wildman–Crippen MR) is 126 cm³/mol. The largest absolute Gasteiger partial charge is 0.493 e. The summed E-state index contributed by atoms with van der Waals surface area (Å²) in [5, 5.41) is 2.62. The van der Waals surface area contributed by atoms with Crippen molar-refractivity contribution in [1.82, 2.24) is 0 Å². The Morgan fingerprint density at radius 2 is 1.97 bits per heavy atom. The Labute approximate surface area is 201 Å². The minimum Gasteiger partial charge on any atom is -0.493 e. The van der Waals surface area contributed by atoms with Crippen LogP contribution >= 0.6 is 11.6 Å². The molecule has 10 heteroatoms. The number of nitrogens with zero attached hydrogens (tertiary/aromatic N) is 1. The van der Waals surface area contributed by atoms with E-state index in [1.807, 2.05) is 11.8 Å². The number of halogens is 4. The van der Waals surface area contributed by atoms with E-state index in [0.717, 1.165) is 18.6 Å². The van der Waals surface area contributed by atoms with Crippen LogP contribution in [0.1, 0.15) is 24.5 Å². The molecule has 0 saturated carbocycles. The van der Waals surface area contributed by atoms with E-state index in [2.05, 4.69) is 5.32 Å². The maximum absolute atomic E-state index is 13.7. The number of hydrogen-bond donors (Lipinski definition) is 1. The van der Waals surface area contributed by atoms with Crippen LogP contribution in [0.4, 0.5) is 24.5 Å². The van der Waals surface area contributed by atoms with Crippen molar-refractivity contribution in [3.05, 3.63) is 52.6 Å². The highest BCUT2D eigenvalue weighted by molar-refractivity contribution is 6.32. The third-order valence-electron chi connectivity index (χ3n) is 5.07. The van der Waals surface area contributed by atoms with Crippen LogP contribution in [0.3, 0.4) is 0 Å². The van der Waals surface area contributed by atoms with Crippen LogP contribution in [-0.2, 0) is 15.7 Å². The van der Waals surface area contributed by atoms with Crippen molar-refractivity contribution in [1.29, 1.82) is 0 Å². The molecule has 0 aliphatic carbocycles. The van der Waals surface area contributed by atoms with Gasteiger partial charge in [0.1, 0.15) is 0 Å². The molecule has 1 saturated heterocycles. The molecule has 1 heterocycles. The van der Waals surface area contributed by atoms with Crippen LogP contribution in [0.2, 0.25) is 5.02 Å². The fourth-order valence-electron chi connectivity index (χ4n) is 3.42. The number of carbonyl (C=O) groups excluding carboxylic acids is 1. The lowest BCUT2D eigenvalue weighted by Crippen LogP contribution is -2.36. The molecule has 0 spiro atoms. The molecule has 2 aromatic carbocycles. The minimum absolute atomic E-state index is 0.297. The molecular formula is C24H26ClF3N2O4. The number of carbonyl (C=O) groups is 1. The van der Waals surface area contributed by atoms with Crippen LogP contribution in [0, 0.1) is 0 Å². The number of benzene rings is 2. The smallest absolute Gasteiger partial charge is 0.418 e. The average Bonchev–Trinajstić information content (AvgIpc) is 2.82. The second-order valence-corrected chi connectivity index (χ2v) is 7.94. The second kappa shape index (κ2) is 11.5. The first kappa shape index (κ1) is 25.7. The summed E-state index contributed by atoms with van der Waals surface area (Å²) >= 11 is 6.27. The van der Waals surface area contributed by atoms with E-state index in [-0.39, 0.29) is 5.69 Å². The Hall–Kier alpha value is -2.91. The molecule has 0 atom stereocenters. The zero-order valence-corrected chi connectivity index (χ0v) is 19.6. The topological polar surface area (TPSA) is 60.0 Å². The molecule has 34 heavy (non-hydrogen) atoms. The van der Waals surface area contributed by atoms with Gasteiger partial charge in [-0.2, -0.15) is 13.2 Å². The fourth-order valence-corrected chi connectivity index (χ4v) is 3.69. The van der Waals surface area contributed by atoms with Crippen LogP contribution in [0.5, 0.6) is 11.5 Å². The number of hydrogen-bond acceptors (Lipinski definition) is 5. The molecule has 2 aromatic rings. The lowest BCUT2D eigenvalue weighted by molar-refractivity contribution is -0.136. The highest BCUT2D eigenvalue weighted by Gasteiger charge is 2.34. The quantitative estimate of drug-likeness (QED) is 0.477. The van der Waals surface area contributed by atoms with E-state index in [1.165, 1.54) is 19.3 Å². The van der Waals surface area contributed by atoms with E-state index >= 15 is 0 Å². The summed E-state index contributed by atoms with van der Waals surface area (Å²) in [6, 6.07) is 7.07. The molecule has 0 bridgehead atoms. The number of alkyl halides is 3. The predicted octanol–water partition coefficient (Wildman–Crippen LogP) is 5.64. The van der Waals surface area contributed by atoms with Crippen molar-refractivity contribution in [2.24, 2.45) is 0 Å². The number of methoxy groups -OCH3 is 1. The summed E-state index contributed by atoms with van der Waals surface area (Å²) in [6.07, 6.45) is -1.28. The fraction of sp³-hybridized carbons (Fsp3) is 0.375. The van der Waals surface area contributed by atoms with Gasteiger partial charge in [0.05, 0.1) is 43.2 Å². The first-order chi connectivity index (χ1) is 16.2. The van der Waals surface area contributed by atoms with Gasteiger partial charge in [0.25, 0.3) is 0 Å². The van der Waals surface area contributed by atoms with Crippen molar-refractivity contribution in [3.63, 3.8) is 0 Å². The van der Waals surface area contributed by atoms with Gasteiger partial charge in [0.2, 0.25) is 5.91 Å². The summed E-state index contributed by atoms with van der Waals surface area (Å²) in [5.74, 6) is 0.0629. The van der Waals surface area contributed by atoms with Crippen LogP contribution in [-0.4, -0.2) is 45.9 Å². The summed E-state index contributed by atoms with van der Waals surface area (Å²) in [4.78, 5) is 14.2. The number of rotatable bonds is 8. The Bertz CT molecular complexity index is 1040. The van der Waals surface area contributed by atoms with Gasteiger partial charge >= 0.3 is 6.18 Å². The summed E-state index contributed by atoms with van der Waals surface area (Å²) in [7, 11) is 1.46. The zero-order valence-electron chi connectivity index (χ0n) is 18.9. The highest BCUT2D eigenvalue weighted by Crippen LogP contribution is 2.38. The van der Waals surface area contributed by atoms with Gasteiger partial charge < -0.3 is 24.4 Å². The monoisotopic (exact) mass is 498 g/mol. The molecular weight excluding hydrogens is 473 g/mol. The third-order valence-corrected chi connectivity index (χ3v) is 5.35. The van der Waals surface area contributed by atoms with Crippen LogP contribution < -0.4 is 19.7 Å². The van der Waals surface area contributed by atoms with Crippen molar-refractivity contribution in [2.45, 2.75) is 19.5 Å². The highest BCUT2D eigenvalue weighted by atomic mass is 35.5. The van der Waals surface area contributed by atoms with E-state index in [4.69, 9.17) is 25.8 Å². The number of morpholine rings is 1. The van der Waals surface area contributed by atoms with Gasteiger partial charge in [-0.25, -0.2) is 0 Å². The number of anilines is 2. The zero-order chi connectivity index (χ0) is 24.7. The first-order valence-corrected chi connectivity index (χ1v) is 11.1. The minimum atomic E-state index is -4.64. The number of nitrogens with one attached hydrogen (secondary N) is 1. The van der Waals surface area contributed by atoms with Crippen molar-refractivity contribution in [2.75, 3.05) is 50.2 Å². The van der Waals surface area contributed by atoms with E-state index in [0.29, 0.717) is 60.7 Å². The molecule has 0 aromatic heterocycles. The van der Waals surface area contributed by atoms with Crippen LogP contribution in [0.25, 0.3) is 6.08 Å². The van der Waals surface area contributed by atoms with E-state index in [9.17, 15) is 18.0 Å². The van der Waals surface area contributed by atoms with Gasteiger partial charge in [0, 0.05) is 24.9 Å². The summed E-state index contributed by atoms with van der Waals surface area (Å²) in [6.45, 7) is 4.31. The number of amides is 1. The molecule has 0 unspecified atom stereocenters. The standard InChI is InChI=1S/C24H26ClF3N2O4/c1-3-10-34-23-19(25)13-16(14-21(23)32-2)4-7-22(31)29-20-6-5-17(15-18(20)24(26,27)28)30-8-11-33-12-9-30/h4-7,13-15H,3,8-12H2,1-2H3,(H,29,31). The SMILES string of the molecule is CCCOc1c(Cl)cc(C=CC(=O)Nc2ccc(N3CCOCC3)cc2C(F)(F)F)cc1OC. The molecule has 1 aliphatic rings. The average molecular weight is 499 g/mol. The normalized spacial score (nSPS) is 14.4. The van der Waals surface area contributed by atoms with Gasteiger partial charge in [-0.05, 0) is 48.4 Å². The molecule has 0 radical (unpaired) electrons. The maximum atomic E-state index is 13.7. The molecule has 1 fully saturated rings. The van der Waals surface area contributed by atoms with Crippen LogP contribution in [0.15, 0.2) is 36.4 Å². The Kier molecular flexibility index (Phi) is 8.68. The third kappa shape index (κ3) is 6.57. The molecule has 184 valence electrons. The molecule has 6 nitrogen and oxygen atoms in total. The number of ether oxygens (including phenoxy) is 3. The van der Waals surface area contributed by atoms with Gasteiger partial charge in [-0.15, -0.1) is 0 Å². The van der Waals surface area contributed by atoms with Crippen molar-refractivity contribution < 1.29 is 32.2 Å². The van der Waals surface area contributed by atoms with Gasteiger partial charge in [-0.1, -0.05) is 18.5 Å². The summed E-state index contributed by atoms with van der Waals surface area (Å²) < 4.78 is 57.2. The Morgan fingerprint density at radius 1 is 1.24 bits per heavy atom. The second-order valence-electron chi connectivity index (χ2n) is 7.53. The van der Waals surface area contributed by atoms with E-state index < -0.39 is 17.6 Å². The van der Waals surface area contributed by atoms with Gasteiger partial charge in [0.15, 0.2) is 11.5 Å². The lowest BCUT2D eigenvalue weighted by atomic mass is 10.1. The summed E-state index contributed by atoms with van der Waals surface area (Å²) in [5.41, 5.74) is -0.283. The maximum Gasteiger partial charge on any atom is 0.418 e. The van der Waals surface area contributed by atoms with E-state index in [1.54, 1.807) is 18.2 Å². The molecule has 3 rings (SSSR count). The molecule has 1 amide bonds. The van der Waals surface area contributed by atoms with Crippen molar-refractivity contribution >= 4 is 35.0 Å². The Balaban J connectivity index is 1.78. The molecule has 1 aliphatic heterocycles. The molecule has 1 N–H and O–H groups in total.